The molecule has 24 heavy (non-hydrogen) atoms. The molecule has 0 spiro atoms. The van der Waals surface area contributed by atoms with Gasteiger partial charge in [-0.15, -0.1) is 22.7 Å². The van der Waals surface area contributed by atoms with Gasteiger partial charge in [0.2, 0.25) is 0 Å². The van der Waals surface area contributed by atoms with Crippen molar-refractivity contribution in [1.29, 1.82) is 0 Å². The Morgan fingerprint density at radius 3 is 2.79 bits per heavy atom. The number of rotatable bonds is 1. The highest BCUT2D eigenvalue weighted by Crippen LogP contribution is 2.24. The van der Waals surface area contributed by atoms with Gasteiger partial charge in [-0.05, 0) is 44.9 Å². The Labute approximate surface area is 147 Å². The number of nitrogens with zero attached hydrogens (tertiary/aromatic N) is 4. The zero-order chi connectivity index (χ0) is 16.7. The Kier molecular flexibility index (Phi) is 3.97. The first kappa shape index (κ1) is 15.5. The van der Waals surface area contributed by atoms with Crippen LogP contribution in [-0.4, -0.2) is 33.6 Å². The maximum absolute atomic E-state index is 12.4. The second-order valence-corrected chi connectivity index (χ2v) is 8.42. The number of urea groups is 1. The highest BCUT2D eigenvalue weighted by Gasteiger charge is 2.17. The van der Waals surface area contributed by atoms with Crippen molar-refractivity contribution in [3.8, 4) is 5.69 Å². The fourth-order valence-corrected chi connectivity index (χ4v) is 4.59. The third-order valence-corrected chi connectivity index (χ3v) is 5.94. The molecule has 3 aromatic rings. The molecule has 1 aliphatic rings. The van der Waals surface area contributed by atoms with Crippen LogP contribution in [0.4, 0.5) is 4.79 Å². The first-order chi connectivity index (χ1) is 11.6. The molecule has 0 unspecified atom stereocenters. The number of thiazole rings is 2. The van der Waals surface area contributed by atoms with Crippen LogP contribution in [0.2, 0.25) is 0 Å². The molecule has 1 saturated heterocycles. The highest BCUT2D eigenvalue weighted by atomic mass is 32.1. The molecule has 5 nitrogen and oxygen atoms in total. The second kappa shape index (κ2) is 6.14. The van der Waals surface area contributed by atoms with E-state index in [-0.39, 0.29) is 6.03 Å². The predicted octanol–water partition coefficient (Wildman–Crippen LogP) is 3.88. The van der Waals surface area contributed by atoms with Gasteiger partial charge in [-0.1, -0.05) is 0 Å². The van der Waals surface area contributed by atoms with Crippen molar-refractivity contribution < 1.29 is 4.79 Å². The summed E-state index contributed by atoms with van der Waals surface area (Å²) in [6.45, 7) is 5.68. The summed E-state index contributed by atoms with van der Waals surface area (Å²) in [7, 11) is 0. The molecule has 0 bridgehead atoms. The van der Waals surface area contributed by atoms with Crippen LogP contribution in [0.5, 0.6) is 0 Å². The molecule has 124 valence electrons. The zero-order valence-corrected chi connectivity index (χ0v) is 15.3. The summed E-state index contributed by atoms with van der Waals surface area (Å²) in [6, 6.07) is 6.07. The largest absolute Gasteiger partial charge is 0.346 e. The van der Waals surface area contributed by atoms with Gasteiger partial charge in [0.25, 0.3) is 0 Å². The fourth-order valence-electron chi connectivity index (χ4n) is 2.96. The summed E-state index contributed by atoms with van der Waals surface area (Å²) in [5, 5.41) is 1.06. The van der Waals surface area contributed by atoms with Crippen molar-refractivity contribution in [3.63, 3.8) is 0 Å². The van der Waals surface area contributed by atoms with E-state index in [1.807, 2.05) is 29.5 Å². The lowest BCUT2D eigenvalue weighted by molar-refractivity contribution is 0.218. The van der Waals surface area contributed by atoms with Gasteiger partial charge >= 0.3 is 6.03 Å². The van der Waals surface area contributed by atoms with Crippen molar-refractivity contribution >= 4 is 38.9 Å². The Hall–Kier alpha value is -1.99. The number of hydrogen-bond acceptors (Lipinski definition) is 4. The number of aromatic nitrogens is 2. The molecule has 0 aliphatic carbocycles. The summed E-state index contributed by atoms with van der Waals surface area (Å²) < 4.78 is 3.16. The van der Waals surface area contributed by atoms with E-state index in [0.29, 0.717) is 0 Å². The van der Waals surface area contributed by atoms with Crippen LogP contribution in [0.15, 0.2) is 29.4 Å². The predicted molar refractivity (Wildman–Crippen MR) is 98.1 cm³/mol. The average Bonchev–Trinajstić information content (AvgIpc) is 3.25. The van der Waals surface area contributed by atoms with E-state index in [4.69, 9.17) is 0 Å². The van der Waals surface area contributed by atoms with E-state index in [9.17, 15) is 4.79 Å². The number of hydrogen-bond donors (Lipinski definition) is 0. The zero-order valence-electron chi connectivity index (χ0n) is 13.7. The van der Waals surface area contributed by atoms with Crippen LogP contribution in [0, 0.1) is 13.8 Å². The Bertz CT molecular complexity index is 976. The van der Waals surface area contributed by atoms with Crippen molar-refractivity contribution in [1.82, 2.24) is 14.5 Å². The SMILES string of the molecule is Cc1cn(-c2ccc3sc(C)nc3c2)/c(=N/C(=O)N2CCCC2)s1. The highest BCUT2D eigenvalue weighted by molar-refractivity contribution is 7.18. The number of likely N-dealkylation sites (tertiary alicyclic amines) is 1. The fraction of sp³-hybridized carbons (Fsp3) is 0.353. The maximum atomic E-state index is 12.4. The standard InChI is InChI=1S/C17H18N4OS2/c1-11-10-21(13-5-6-15-14(9-13)18-12(2)24-15)17(23-11)19-16(22)20-7-3-4-8-20/h5-6,9-10H,3-4,7-8H2,1-2H3/b19-17-. The van der Waals surface area contributed by atoms with Crippen LogP contribution in [0.1, 0.15) is 22.7 Å². The van der Waals surface area contributed by atoms with Crippen LogP contribution in [0.25, 0.3) is 15.9 Å². The molecule has 7 heteroatoms. The lowest BCUT2D eigenvalue weighted by atomic mass is 10.3. The molecule has 1 aliphatic heterocycles. The molecule has 3 heterocycles. The van der Waals surface area contributed by atoms with E-state index < -0.39 is 0 Å². The summed E-state index contributed by atoms with van der Waals surface area (Å²) in [4.78, 5) is 25.0. The van der Waals surface area contributed by atoms with Crippen LogP contribution < -0.4 is 4.80 Å². The number of fused-ring (bicyclic) bond motifs is 1. The van der Waals surface area contributed by atoms with Crippen molar-refractivity contribution in [2.75, 3.05) is 13.1 Å². The van der Waals surface area contributed by atoms with E-state index in [1.54, 1.807) is 11.3 Å². The second-order valence-electron chi connectivity index (χ2n) is 5.97. The molecular weight excluding hydrogens is 340 g/mol. The van der Waals surface area contributed by atoms with Gasteiger partial charge in [-0.25, -0.2) is 9.78 Å². The summed E-state index contributed by atoms with van der Waals surface area (Å²) in [5.41, 5.74) is 1.98. The Morgan fingerprint density at radius 1 is 1.21 bits per heavy atom. The van der Waals surface area contributed by atoms with Crippen molar-refractivity contribution in [2.45, 2.75) is 26.7 Å². The van der Waals surface area contributed by atoms with Crippen LogP contribution >= 0.6 is 22.7 Å². The molecule has 1 aromatic carbocycles. The lowest BCUT2D eigenvalue weighted by Crippen LogP contribution is -2.27. The maximum Gasteiger partial charge on any atom is 0.346 e. The first-order valence-electron chi connectivity index (χ1n) is 8.00. The minimum absolute atomic E-state index is 0.131. The van der Waals surface area contributed by atoms with Gasteiger partial charge in [-0.2, -0.15) is 4.99 Å². The molecule has 2 amide bonds. The van der Waals surface area contributed by atoms with Gasteiger partial charge in [0.05, 0.1) is 20.9 Å². The van der Waals surface area contributed by atoms with Crippen LogP contribution in [0.3, 0.4) is 0 Å². The van der Waals surface area contributed by atoms with Gasteiger partial charge in [0.1, 0.15) is 0 Å². The number of carbonyl (C=O) groups excluding carboxylic acids is 1. The molecule has 0 radical (unpaired) electrons. The van der Waals surface area contributed by atoms with E-state index in [0.717, 1.165) is 51.8 Å². The summed E-state index contributed by atoms with van der Waals surface area (Å²) in [5.74, 6) is 0. The van der Waals surface area contributed by atoms with E-state index in [1.165, 1.54) is 16.0 Å². The molecule has 0 saturated carbocycles. The monoisotopic (exact) mass is 358 g/mol. The quantitative estimate of drug-likeness (QED) is 0.663. The Morgan fingerprint density at radius 2 is 2.00 bits per heavy atom. The third-order valence-electron chi connectivity index (χ3n) is 4.09. The first-order valence-corrected chi connectivity index (χ1v) is 9.64. The minimum Gasteiger partial charge on any atom is -0.323 e. The van der Waals surface area contributed by atoms with Gasteiger partial charge < -0.3 is 4.90 Å². The normalized spacial score (nSPS) is 15.6. The third kappa shape index (κ3) is 2.89. The molecule has 0 atom stereocenters. The van der Waals surface area contributed by atoms with Crippen molar-refractivity contribution in [2.24, 2.45) is 4.99 Å². The topological polar surface area (TPSA) is 50.5 Å². The molecule has 0 N–H and O–H groups in total. The van der Waals surface area contributed by atoms with Gasteiger partial charge in [0.15, 0.2) is 4.80 Å². The van der Waals surface area contributed by atoms with Gasteiger partial charge in [0, 0.05) is 24.2 Å². The molecule has 1 fully saturated rings. The molecular formula is C17H18N4OS2. The molecule has 2 aromatic heterocycles. The molecule has 4 rings (SSSR count). The van der Waals surface area contributed by atoms with E-state index >= 15 is 0 Å². The number of amides is 2. The number of benzene rings is 1. The van der Waals surface area contributed by atoms with Crippen molar-refractivity contribution in [3.05, 3.63) is 39.1 Å². The summed E-state index contributed by atoms with van der Waals surface area (Å²) in [6.07, 6.45) is 4.18. The minimum atomic E-state index is -0.131. The van der Waals surface area contributed by atoms with Crippen LogP contribution in [-0.2, 0) is 0 Å². The smallest absolute Gasteiger partial charge is 0.323 e. The number of carbonyl (C=O) groups is 1. The van der Waals surface area contributed by atoms with E-state index in [2.05, 4.69) is 28.2 Å². The van der Waals surface area contributed by atoms with Gasteiger partial charge in [-0.3, -0.25) is 4.57 Å². The average molecular weight is 358 g/mol. The Balaban J connectivity index is 1.78. The lowest BCUT2D eigenvalue weighted by Gasteiger charge is -2.10. The number of aryl methyl sites for hydroxylation is 2. The summed E-state index contributed by atoms with van der Waals surface area (Å²) >= 11 is 3.23.